The van der Waals surface area contributed by atoms with Crippen LogP contribution in [0.3, 0.4) is 0 Å². The van der Waals surface area contributed by atoms with Crippen LogP contribution in [0.4, 0.5) is 0 Å². The maximum Gasteiger partial charge on any atom is 0.240 e. The molecule has 1 rings (SSSR count). The Morgan fingerprint density at radius 2 is 2.12 bits per heavy atom. The number of rotatable bonds is 5. The van der Waals surface area contributed by atoms with Gasteiger partial charge in [0, 0.05) is 17.1 Å². The highest BCUT2D eigenvalue weighted by molar-refractivity contribution is 9.10. The number of nitrogens with two attached hydrogens (primary N) is 1. The van der Waals surface area contributed by atoms with Gasteiger partial charge in [0.2, 0.25) is 10.0 Å². The average molecular weight is 321 g/mol. The lowest BCUT2D eigenvalue weighted by atomic mass is 10.2. The molecule has 0 saturated carbocycles. The smallest absolute Gasteiger partial charge is 0.240 e. The molecule has 0 radical (unpaired) electrons. The number of sulfonamides is 1. The molecule has 17 heavy (non-hydrogen) atoms. The van der Waals surface area contributed by atoms with Gasteiger partial charge in [-0.2, -0.15) is 0 Å². The van der Waals surface area contributed by atoms with E-state index in [1.54, 1.807) is 19.1 Å². The number of nitrogens with one attached hydrogen (secondary N) is 1. The van der Waals surface area contributed by atoms with Crippen molar-refractivity contribution in [3.8, 4) is 0 Å². The van der Waals surface area contributed by atoms with Crippen LogP contribution in [-0.2, 0) is 10.0 Å². The van der Waals surface area contributed by atoms with E-state index in [1.165, 1.54) is 0 Å². The second-order valence-corrected chi connectivity index (χ2v) is 6.72. The Bertz CT molecular complexity index is 486. The minimum atomic E-state index is -3.44. The molecule has 0 amide bonds. The average Bonchev–Trinajstić information content (AvgIpc) is 2.20. The Morgan fingerprint density at radius 1 is 1.47 bits per heavy atom. The number of aryl methyl sites for hydroxylation is 1. The van der Waals surface area contributed by atoms with Crippen LogP contribution in [0.5, 0.6) is 0 Å². The van der Waals surface area contributed by atoms with Crippen LogP contribution in [-0.4, -0.2) is 21.0 Å². The van der Waals surface area contributed by atoms with Crippen LogP contribution in [0.2, 0.25) is 0 Å². The quantitative estimate of drug-likeness (QED) is 0.868. The molecule has 0 saturated heterocycles. The maximum atomic E-state index is 12.0. The summed E-state index contributed by atoms with van der Waals surface area (Å²) in [5.74, 6) is 0. The van der Waals surface area contributed by atoms with Gasteiger partial charge < -0.3 is 5.73 Å². The second-order valence-electron chi connectivity index (χ2n) is 4.07. The van der Waals surface area contributed by atoms with E-state index < -0.39 is 10.0 Å². The van der Waals surface area contributed by atoms with Crippen molar-refractivity contribution in [1.29, 1.82) is 0 Å². The van der Waals surface area contributed by atoms with Gasteiger partial charge in [-0.05, 0) is 38.0 Å². The fourth-order valence-corrected chi connectivity index (χ4v) is 3.19. The van der Waals surface area contributed by atoms with Crippen LogP contribution in [0.25, 0.3) is 0 Å². The number of benzene rings is 1. The first-order valence-electron chi connectivity index (χ1n) is 5.34. The highest BCUT2D eigenvalue weighted by Crippen LogP contribution is 2.20. The lowest BCUT2D eigenvalue weighted by Gasteiger charge is -2.10. The lowest BCUT2D eigenvalue weighted by Crippen LogP contribution is -2.29. The minimum absolute atomic E-state index is 0.0127. The lowest BCUT2D eigenvalue weighted by molar-refractivity contribution is 0.571. The zero-order valence-corrected chi connectivity index (χ0v) is 12.3. The Kier molecular flexibility index (Phi) is 5.12. The monoisotopic (exact) mass is 320 g/mol. The van der Waals surface area contributed by atoms with Crippen molar-refractivity contribution in [2.45, 2.75) is 31.2 Å². The molecular formula is C11H17BrN2O2S. The summed E-state index contributed by atoms with van der Waals surface area (Å²) in [6.07, 6.45) is 0.617. The zero-order chi connectivity index (χ0) is 13.1. The Balaban J connectivity index is 2.86. The van der Waals surface area contributed by atoms with Gasteiger partial charge in [-0.3, -0.25) is 0 Å². The fraction of sp³-hybridized carbons (Fsp3) is 0.455. The largest absolute Gasteiger partial charge is 0.328 e. The number of hydrogen-bond acceptors (Lipinski definition) is 3. The summed E-state index contributed by atoms with van der Waals surface area (Å²) in [6.45, 7) is 3.97. The molecule has 1 aromatic rings. The molecule has 1 atom stereocenters. The third kappa shape index (κ3) is 4.39. The highest BCUT2D eigenvalue weighted by atomic mass is 79.9. The van der Waals surface area contributed by atoms with Crippen molar-refractivity contribution in [1.82, 2.24) is 4.72 Å². The van der Waals surface area contributed by atoms with Crippen molar-refractivity contribution in [2.24, 2.45) is 5.73 Å². The zero-order valence-electron chi connectivity index (χ0n) is 9.90. The molecule has 4 nitrogen and oxygen atoms in total. The molecule has 6 heteroatoms. The van der Waals surface area contributed by atoms with Crippen molar-refractivity contribution < 1.29 is 8.42 Å². The van der Waals surface area contributed by atoms with Crippen LogP contribution < -0.4 is 10.5 Å². The van der Waals surface area contributed by atoms with Gasteiger partial charge >= 0.3 is 0 Å². The van der Waals surface area contributed by atoms with Gasteiger partial charge in [0.15, 0.2) is 0 Å². The predicted octanol–water partition coefficient (Wildman–Crippen LogP) is 1.77. The summed E-state index contributed by atoms with van der Waals surface area (Å²) in [4.78, 5) is 0.302. The van der Waals surface area contributed by atoms with E-state index in [1.807, 2.05) is 13.0 Å². The first kappa shape index (κ1) is 14.6. The van der Waals surface area contributed by atoms with Gasteiger partial charge in [-0.15, -0.1) is 0 Å². The summed E-state index contributed by atoms with van der Waals surface area (Å²) in [5.41, 5.74) is 6.30. The third-order valence-electron chi connectivity index (χ3n) is 2.33. The Morgan fingerprint density at radius 3 is 2.71 bits per heavy atom. The van der Waals surface area contributed by atoms with Crippen molar-refractivity contribution >= 4 is 26.0 Å². The fourth-order valence-electron chi connectivity index (χ4n) is 1.36. The standard InChI is InChI=1S/C11H17BrN2O2S/c1-8-3-4-10(12)7-11(8)17(15,16)14-6-5-9(2)13/h3-4,7,9,14H,5-6,13H2,1-2H3. The normalized spacial score (nSPS) is 13.6. The van der Waals surface area contributed by atoms with Gasteiger partial charge in [-0.25, -0.2) is 13.1 Å². The molecule has 0 spiro atoms. The molecule has 0 aromatic heterocycles. The first-order valence-corrected chi connectivity index (χ1v) is 7.62. The van der Waals surface area contributed by atoms with Gasteiger partial charge in [-0.1, -0.05) is 22.0 Å². The van der Waals surface area contributed by atoms with Crippen LogP contribution in [0.1, 0.15) is 18.9 Å². The van der Waals surface area contributed by atoms with E-state index in [0.717, 1.165) is 10.0 Å². The van der Waals surface area contributed by atoms with Crippen LogP contribution in [0.15, 0.2) is 27.6 Å². The summed E-state index contributed by atoms with van der Waals surface area (Å²) >= 11 is 3.27. The Hall–Kier alpha value is -0.430. The number of hydrogen-bond donors (Lipinski definition) is 2. The van der Waals surface area contributed by atoms with E-state index in [-0.39, 0.29) is 6.04 Å². The third-order valence-corrected chi connectivity index (χ3v) is 4.43. The van der Waals surface area contributed by atoms with E-state index in [2.05, 4.69) is 20.7 Å². The van der Waals surface area contributed by atoms with Gasteiger partial charge in [0.1, 0.15) is 0 Å². The first-order chi connectivity index (χ1) is 7.83. The molecule has 0 heterocycles. The molecule has 1 aromatic carbocycles. The van der Waals surface area contributed by atoms with Crippen LogP contribution >= 0.6 is 15.9 Å². The van der Waals surface area contributed by atoms with E-state index in [0.29, 0.717) is 17.9 Å². The molecule has 0 aliphatic rings. The Labute approximate surface area is 111 Å². The molecule has 0 aliphatic carbocycles. The molecule has 96 valence electrons. The predicted molar refractivity (Wildman–Crippen MR) is 72.3 cm³/mol. The molecule has 1 unspecified atom stereocenters. The van der Waals surface area contributed by atoms with Crippen molar-refractivity contribution in [3.05, 3.63) is 28.2 Å². The summed E-state index contributed by atoms with van der Waals surface area (Å²) in [5, 5.41) is 0. The molecule has 0 bridgehead atoms. The SMILES string of the molecule is Cc1ccc(Br)cc1S(=O)(=O)NCCC(C)N. The molecule has 3 N–H and O–H groups in total. The van der Waals surface area contributed by atoms with E-state index >= 15 is 0 Å². The van der Waals surface area contributed by atoms with E-state index in [4.69, 9.17) is 5.73 Å². The second kappa shape index (κ2) is 5.95. The van der Waals surface area contributed by atoms with Crippen molar-refractivity contribution in [2.75, 3.05) is 6.54 Å². The van der Waals surface area contributed by atoms with Crippen LogP contribution in [0, 0.1) is 6.92 Å². The molecular weight excluding hydrogens is 304 g/mol. The topological polar surface area (TPSA) is 72.2 Å². The van der Waals surface area contributed by atoms with Crippen molar-refractivity contribution in [3.63, 3.8) is 0 Å². The summed E-state index contributed by atoms with van der Waals surface area (Å²) < 4.78 is 27.3. The maximum absolute atomic E-state index is 12.0. The number of halogens is 1. The molecule has 0 fully saturated rings. The minimum Gasteiger partial charge on any atom is -0.328 e. The summed E-state index contributed by atoms with van der Waals surface area (Å²) in [6, 6.07) is 5.17. The van der Waals surface area contributed by atoms with E-state index in [9.17, 15) is 8.42 Å². The summed E-state index contributed by atoms with van der Waals surface area (Å²) in [7, 11) is -3.44. The van der Waals surface area contributed by atoms with Gasteiger partial charge in [0.05, 0.1) is 4.90 Å². The highest BCUT2D eigenvalue weighted by Gasteiger charge is 2.16. The van der Waals surface area contributed by atoms with Gasteiger partial charge in [0.25, 0.3) is 0 Å². The molecule has 0 aliphatic heterocycles.